The molecule has 2 bridgehead atoms. The monoisotopic (exact) mass is 435 g/mol. The summed E-state index contributed by atoms with van der Waals surface area (Å²) < 4.78 is 6.59. The Morgan fingerprint density at radius 1 is 1.22 bits per heavy atom. The molecule has 3 amide bonds. The van der Waals surface area contributed by atoms with Gasteiger partial charge in [0.15, 0.2) is 0 Å². The van der Waals surface area contributed by atoms with Crippen LogP contribution in [0.25, 0.3) is 5.69 Å². The van der Waals surface area contributed by atoms with Crippen molar-refractivity contribution in [3.05, 3.63) is 41.2 Å². The number of fused-ring (bicyclic) bond motifs is 1. The fraction of sp³-hybridized carbons (Fsp3) is 0.455. The molecule has 1 N–H and O–H groups in total. The number of nitrogens with one attached hydrogen (secondary N) is 1. The van der Waals surface area contributed by atoms with Gasteiger partial charge in [-0.3, -0.25) is 24.5 Å². The molecular weight excluding hydrogens is 414 g/mol. The molecular formula is C22H21N5O5. The van der Waals surface area contributed by atoms with Crippen LogP contribution >= 0.6 is 0 Å². The normalized spacial score (nSPS) is 30.3. The van der Waals surface area contributed by atoms with Crippen molar-refractivity contribution in [2.24, 2.45) is 5.41 Å². The van der Waals surface area contributed by atoms with E-state index in [9.17, 15) is 19.2 Å². The number of piperidine rings is 1. The first-order valence-electron chi connectivity index (χ1n) is 10.6. The van der Waals surface area contributed by atoms with Gasteiger partial charge in [0.25, 0.3) is 5.91 Å². The molecule has 3 saturated carbocycles. The first-order valence-corrected chi connectivity index (χ1v) is 10.6. The molecule has 1 atom stereocenters. The number of rotatable bonds is 4. The highest BCUT2D eigenvalue weighted by Crippen LogP contribution is 2.73. The van der Waals surface area contributed by atoms with Crippen LogP contribution in [-0.2, 0) is 31.1 Å². The lowest BCUT2D eigenvalue weighted by Gasteiger charge is -2.67. The van der Waals surface area contributed by atoms with Crippen LogP contribution in [0.5, 0.6) is 0 Å². The number of benzene rings is 1. The number of hydrogen-bond donors (Lipinski definition) is 1. The fourth-order valence-electron chi connectivity index (χ4n) is 5.90. The average molecular weight is 435 g/mol. The van der Waals surface area contributed by atoms with Crippen LogP contribution in [-0.4, -0.2) is 56.7 Å². The van der Waals surface area contributed by atoms with Crippen molar-refractivity contribution >= 4 is 23.7 Å². The van der Waals surface area contributed by atoms with Crippen LogP contribution < -0.4 is 5.32 Å². The molecule has 3 heterocycles. The summed E-state index contributed by atoms with van der Waals surface area (Å²) >= 11 is 0. The maximum absolute atomic E-state index is 13.0. The molecule has 1 aromatic heterocycles. The van der Waals surface area contributed by atoms with Crippen LogP contribution in [0, 0.1) is 5.41 Å². The molecule has 32 heavy (non-hydrogen) atoms. The molecule has 2 aliphatic heterocycles. The summed E-state index contributed by atoms with van der Waals surface area (Å²) in [5.41, 5.74) is 2.40. The summed E-state index contributed by atoms with van der Waals surface area (Å²) in [5, 5.41) is 11.0. The number of aromatic nitrogens is 3. The summed E-state index contributed by atoms with van der Waals surface area (Å²) in [6.45, 7) is 0.266. The van der Waals surface area contributed by atoms with Gasteiger partial charge in [0.1, 0.15) is 6.04 Å². The maximum Gasteiger partial charge on any atom is 0.311 e. The number of hydrogen-bond acceptors (Lipinski definition) is 7. The lowest BCUT2D eigenvalue weighted by Crippen LogP contribution is -2.68. The van der Waals surface area contributed by atoms with E-state index in [0.29, 0.717) is 12.0 Å². The Balaban J connectivity index is 1.26. The Hall–Kier alpha value is -3.56. The molecule has 3 aliphatic carbocycles. The summed E-state index contributed by atoms with van der Waals surface area (Å²) in [4.78, 5) is 50.3. The van der Waals surface area contributed by atoms with E-state index in [4.69, 9.17) is 4.74 Å². The molecule has 1 saturated heterocycles. The van der Waals surface area contributed by atoms with Crippen LogP contribution in [0.1, 0.15) is 53.7 Å². The molecule has 1 unspecified atom stereocenters. The van der Waals surface area contributed by atoms with E-state index in [1.54, 1.807) is 16.8 Å². The zero-order chi connectivity index (χ0) is 22.3. The Kier molecular flexibility index (Phi) is 3.73. The molecule has 5 aliphatic rings. The largest absolute Gasteiger partial charge is 0.469 e. The van der Waals surface area contributed by atoms with Gasteiger partial charge in [0, 0.05) is 29.5 Å². The van der Waals surface area contributed by atoms with Crippen molar-refractivity contribution < 1.29 is 23.9 Å². The second-order valence-electron chi connectivity index (χ2n) is 9.33. The van der Waals surface area contributed by atoms with E-state index < -0.39 is 11.9 Å². The first kappa shape index (κ1) is 19.1. The molecule has 4 fully saturated rings. The molecule has 10 nitrogen and oxygen atoms in total. The lowest BCUT2D eigenvalue weighted by molar-refractivity contribution is -0.198. The SMILES string of the molecule is COC(=O)C12CC(c3cn(-c4cccc5c4CN(C4CCC(=O)NC4=O)C5=O)nn3)(C1)C2. The Morgan fingerprint density at radius 2 is 2.00 bits per heavy atom. The van der Waals surface area contributed by atoms with Crippen LogP contribution in [0.2, 0.25) is 0 Å². The van der Waals surface area contributed by atoms with E-state index in [2.05, 4.69) is 15.6 Å². The molecule has 164 valence electrons. The third kappa shape index (κ3) is 2.40. The van der Waals surface area contributed by atoms with Gasteiger partial charge in [-0.1, -0.05) is 11.3 Å². The van der Waals surface area contributed by atoms with Crippen molar-refractivity contribution in [1.82, 2.24) is 25.2 Å². The standard InChI is InChI=1S/C22H21N5O5/c1-32-20(31)22-9-21(10-22,11-22)16-8-27(25-24-16)14-4-2-3-12-13(14)7-26(19(12)30)15-5-6-17(28)23-18(15)29/h2-4,8,15H,5-7,9-11H2,1H3,(H,23,28,29). The summed E-state index contributed by atoms with van der Waals surface area (Å²) in [7, 11) is 1.42. The second-order valence-corrected chi connectivity index (χ2v) is 9.33. The van der Waals surface area contributed by atoms with E-state index >= 15 is 0 Å². The van der Waals surface area contributed by atoms with Gasteiger partial charge in [-0.2, -0.15) is 0 Å². The van der Waals surface area contributed by atoms with E-state index in [-0.39, 0.29) is 41.6 Å². The Morgan fingerprint density at radius 3 is 2.72 bits per heavy atom. The van der Waals surface area contributed by atoms with Gasteiger partial charge >= 0.3 is 5.97 Å². The van der Waals surface area contributed by atoms with Crippen LogP contribution in [0.3, 0.4) is 0 Å². The van der Waals surface area contributed by atoms with Crippen molar-refractivity contribution in [2.45, 2.75) is 50.1 Å². The molecule has 10 heteroatoms. The highest BCUT2D eigenvalue weighted by Gasteiger charge is 2.73. The van der Waals surface area contributed by atoms with Crippen molar-refractivity contribution in [3.8, 4) is 5.69 Å². The molecule has 0 radical (unpaired) electrons. The number of esters is 1. The number of nitrogens with zero attached hydrogens (tertiary/aromatic N) is 4. The summed E-state index contributed by atoms with van der Waals surface area (Å²) in [5.74, 6) is -1.13. The Labute approximate surface area is 182 Å². The predicted octanol–water partition coefficient (Wildman–Crippen LogP) is 0.623. The van der Waals surface area contributed by atoms with Gasteiger partial charge in [0.2, 0.25) is 11.8 Å². The number of carbonyl (C=O) groups excluding carboxylic acids is 4. The lowest BCUT2D eigenvalue weighted by atomic mass is 9.34. The molecule has 0 spiro atoms. The van der Waals surface area contributed by atoms with Crippen molar-refractivity contribution in [2.75, 3.05) is 7.11 Å². The predicted molar refractivity (Wildman–Crippen MR) is 107 cm³/mol. The Bertz CT molecular complexity index is 1200. The molecule has 7 rings (SSSR count). The zero-order valence-corrected chi connectivity index (χ0v) is 17.5. The van der Waals surface area contributed by atoms with Crippen molar-refractivity contribution in [3.63, 3.8) is 0 Å². The number of amides is 3. The first-order chi connectivity index (χ1) is 15.4. The molecule has 2 aromatic rings. The smallest absolute Gasteiger partial charge is 0.311 e. The second kappa shape index (κ2) is 6.24. The van der Waals surface area contributed by atoms with Gasteiger partial charge in [-0.15, -0.1) is 5.10 Å². The van der Waals surface area contributed by atoms with Gasteiger partial charge in [-0.25, -0.2) is 4.68 Å². The third-order valence-electron chi connectivity index (χ3n) is 7.49. The number of imide groups is 1. The maximum atomic E-state index is 13.0. The number of carbonyl (C=O) groups is 4. The van der Waals surface area contributed by atoms with Gasteiger partial charge < -0.3 is 9.64 Å². The summed E-state index contributed by atoms with van der Waals surface area (Å²) in [6, 6.07) is 4.74. The minimum absolute atomic E-state index is 0.126. The fourth-order valence-corrected chi connectivity index (χ4v) is 5.90. The highest BCUT2D eigenvalue weighted by atomic mass is 16.5. The van der Waals surface area contributed by atoms with Crippen LogP contribution in [0.4, 0.5) is 0 Å². The van der Waals surface area contributed by atoms with E-state index in [1.165, 1.54) is 12.0 Å². The van der Waals surface area contributed by atoms with Crippen LogP contribution in [0.15, 0.2) is 24.4 Å². The quantitative estimate of drug-likeness (QED) is 0.552. The minimum Gasteiger partial charge on any atom is -0.469 e. The molecule has 1 aromatic carbocycles. The van der Waals surface area contributed by atoms with Gasteiger partial charge in [-0.05, 0) is 37.8 Å². The average Bonchev–Trinajstić information content (AvgIpc) is 3.31. The number of methoxy groups -OCH3 is 1. The third-order valence-corrected chi connectivity index (χ3v) is 7.49. The van der Waals surface area contributed by atoms with E-state index in [0.717, 1.165) is 36.2 Å². The number of ether oxygens (including phenoxy) is 1. The zero-order valence-electron chi connectivity index (χ0n) is 17.5. The topological polar surface area (TPSA) is 123 Å². The highest BCUT2D eigenvalue weighted by molar-refractivity contribution is 6.05. The minimum atomic E-state index is -0.665. The van der Waals surface area contributed by atoms with Crippen molar-refractivity contribution in [1.29, 1.82) is 0 Å². The summed E-state index contributed by atoms with van der Waals surface area (Å²) in [6.07, 6.45) is 4.57. The van der Waals surface area contributed by atoms with E-state index in [1.807, 2.05) is 12.3 Å². The van der Waals surface area contributed by atoms with Gasteiger partial charge in [0.05, 0.1) is 30.1 Å².